The van der Waals surface area contributed by atoms with Crippen LogP contribution in [0.5, 0.6) is 0 Å². The number of rotatable bonds is 8. The highest BCUT2D eigenvalue weighted by atomic mass is 16.2. The molecule has 26 heavy (non-hydrogen) atoms. The van der Waals surface area contributed by atoms with Gasteiger partial charge in [0.2, 0.25) is 5.91 Å². The second kappa shape index (κ2) is 10.2. The van der Waals surface area contributed by atoms with E-state index in [9.17, 15) is 9.59 Å². The molecule has 0 saturated carbocycles. The summed E-state index contributed by atoms with van der Waals surface area (Å²) < 4.78 is 0. The zero-order chi connectivity index (χ0) is 18.9. The third-order valence-electron chi connectivity index (χ3n) is 4.59. The van der Waals surface area contributed by atoms with Crippen LogP contribution in [0.4, 0.5) is 4.79 Å². The van der Waals surface area contributed by atoms with Crippen molar-refractivity contribution in [2.75, 3.05) is 13.1 Å². The molecule has 1 fully saturated rings. The van der Waals surface area contributed by atoms with Gasteiger partial charge in [-0.1, -0.05) is 43.7 Å². The van der Waals surface area contributed by atoms with E-state index >= 15 is 0 Å². The Morgan fingerprint density at radius 3 is 2.54 bits per heavy atom. The molecule has 4 N–H and O–H groups in total. The fraction of sp³-hybridized carbons (Fsp3) is 0.600. The summed E-state index contributed by atoms with van der Waals surface area (Å²) in [7, 11) is 0. The summed E-state index contributed by atoms with van der Waals surface area (Å²) in [6, 6.07) is 7.52. The van der Waals surface area contributed by atoms with Crippen molar-refractivity contribution in [1.82, 2.24) is 21.3 Å². The van der Waals surface area contributed by atoms with E-state index in [-0.39, 0.29) is 11.9 Å². The Balaban J connectivity index is 1.81. The van der Waals surface area contributed by atoms with Crippen molar-refractivity contribution in [2.45, 2.75) is 58.7 Å². The van der Waals surface area contributed by atoms with E-state index in [0.29, 0.717) is 31.5 Å². The van der Waals surface area contributed by atoms with Crippen LogP contribution in [0.25, 0.3) is 0 Å². The number of urea groups is 1. The molecule has 1 saturated heterocycles. The average Bonchev–Trinajstić information content (AvgIpc) is 3.12. The van der Waals surface area contributed by atoms with Crippen molar-refractivity contribution < 1.29 is 9.59 Å². The third-order valence-corrected chi connectivity index (χ3v) is 4.59. The largest absolute Gasteiger partial charge is 0.353 e. The summed E-state index contributed by atoms with van der Waals surface area (Å²) in [4.78, 5) is 24.7. The molecule has 144 valence electrons. The first-order valence-electron chi connectivity index (χ1n) is 9.55. The second-order valence-electron chi connectivity index (χ2n) is 7.53. The maximum Gasteiger partial charge on any atom is 0.315 e. The quantitative estimate of drug-likeness (QED) is 0.573. The normalized spacial score (nSPS) is 17.8. The number of carbonyl (C=O) groups is 2. The maximum atomic E-state index is 12.5. The molecule has 1 aromatic carbocycles. The second-order valence-corrected chi connectivity index (χ2v) is 7.53. The number of hydrogen-bond donors (Lipinski definition) is 4. The van der Waals surface area contributed by atoms with Gasteiger partial charge in [-0.15, -0.1) is 0 Å². The molecule has 2 atom stereocenters. The molecule has 1 aliphatic rings. The van der Waals surface area contributed by atoms with Crippen LogP contribution in [0, 0.1) is 12.8 Å². The van der Waals surface area contributed by atoms with Crippen LogP contribution < -0.4 is 21.3 Å². The van der Waals surface area contributed by atoms with Crippen molar-refractivity contribution in [2.24, 2.45) is 5.92 Å². The maximum absolute atomic E-state index is 12.5. The minimum absolute atomic E-state index is 0.113. The van der Waals surface area contributed by atoms with Crippen LogP contribution in [-0.4, -0.2) is 37.1 Å². The zero-order valence-corrected chi connectivity index (χ0v) is 16.1. The SMILES string of the molecule is Cc1ccc(CNC(=O)NC(CC(C)C)C(=O)NCC2CCCN2)cc1. The predicted molar refractivity (Wildman–Crippen MR) is 104 cm³/mol. The van der Waals surface area contributed by atoms with Gasteiger partial charge in [-0.2, -0.15) is 0 Å². The zero-order valence-electron chi connectivity index (χ0n) is 16.1. The van der Waals surface area contributed by atoms with Gasteiger partial charge in [-0.25, -0.2) is 4.79 Å². The Morgan fingerprint density at radius 2 is 1.92 bits per heavy atom. The van der Waals surface area contributed by atoms with Crippen LogP contribution in [0.15, 0.2) is 24.3 Å². The van der Waals surface area contributed by atoms with Crippen LogP contribution in [0.2, 0.25) is 0 Å². The Hall–Kier alpha value is -2.08. The lowest BCUT2D eigenvalue weighted by atomic mass is 10.0. The molecule has 0 spiro atoms. The molecule has 1 heterocycles. The topological polar surface area (TPSA) is 82.3 Å². The third kappa shape index (κ3) is 7.04. The van der Waals surface area contributed by atoms with E-state index in [4.69, 9.17) is 0 Å². The number of benzene rings is 1. The number of hydrogen-bond acceptors (Lipinski definition) is 3. The van der Waals surface area contributed by atoms with Crippen molar-refractivity contribution in [3.63, 3.8) is 0 Å². The van der Waals surface area contributed by atoms with Crippen molar-refractivity contribution >= 4 is 11.9 Å². The van der Waals surface area contributed by atoms with Gasteiger partial charge in [-0.05, 0) is 44.2 Å². The summed E-state index contributed by atoms with van der Waals surface area (Å²) in [6.45, 7) is 8.18. The molecule has 0 bridgehead atoms. The van der Waals surface area contributed by atoms with E-state index < -0.39 is 6.04 Å². The van der Waals surface area contributed by atoms with E-state index in [2.05, 4.69) is 21.3 Å². The van der Waals surface area contributed by atoms with Gasteiger partial charge in [0, 0.05) is 19.1 Å². The van der Waals surface area contributed by atoms with Gasteiger partial charge in [-0.3, -0.25) is 4.79 Å². The summed E-state index contributed by atoms with van der Waals surface area (Å²) in [5, 5.41) is 12.0. The minimum Gasteiger partial charge on any atom is -0.353 e. The van der Waals surface area contributed by atoms with E-state index in [1.165, 1.54) is 5.56 Å². The number of carbonyl (C=O) groups excluding carboxylic acids is 2. The first-order chi connectivity index (χ1) is 12.4. The molecule has 2 unspecified atom stereocenters. The van der Waals surface area contributed by atoms with Crippen LogP contribution in [0.1, 0.15) is 44.2 Å². The minimum atomic E-state index is -0.519. The Morgan fingerprint density at radius 1 is 1.19 bits per heavy atom. The van der Waals surface area contributed by atoms with Gasteiger partial charge in [0.1, 0.15) is 6.04 Å². The molecule has 3 amide bonds. The molecule has 1 aromatic rings. The molecule has 1 aliphatic heterocycles. The van der Waals surface area contributed by atoms with Crippen LogP contribution in [0.3, 0.4) is 0 Å². The molecular formula is C20H32N4O2. The molecule has 0 radical (unpaired) electrons. The average molecular weight is 361 g/mol. The smallest absolute Gasteiger partial charge is 0.315 e. The van der Waals surface area contributed by atoms with Gasteiger partial charge in [0.25, 0.3) is 0 Å². The number of nitrogens with one attached hydrogen (secondary N) is 4. The standard InChI is InChI=1S/C20H32N4O2/c1-14(2)11-18(19(25)22-13-17-5-4-10-21-17)24-20(26)23-12-16-8-6-15(3)7-9-16/h6-9,14,17-18,21H,4-5,10-13H2,1-3H3,(H,22,25)(H2,23,24,26). The molecule has 0 aromatic heterocycles. The molecule has 0 aliphatic carbocycles. The Kier molecular flexibility index (Phi) is 7.91. The highest BCUT2D eigenvalue weighted by Crippen LogP contribution is 2.07. The molecule has 6 nitrogen and oxygen atoms in total. The number of amides is 3. The lowest BCUT2D eigenvalue weighted by molar-refractivity contribution is -0.123. The molecular weight excluding hydrogens is 328 g/mol. The van der Waals surface area contributed by atoms with E-state index in [1.807, 2.05) is 45.0 Å². The summed E-state index contributed by atoms with van der Waals surface area (Å²) in [5.74, 6) is 0.200. The van der Waals surface area contributed by atoms with Crippen molar-refractivity contribution in [3.05, 3.63) is 35.4 Å². The van der Waals surface area contributed by atoms with E-state index in [0.717, 1.165) is 24.9 Å². The van der Waals surface area contributed by atoms with Gasteiger partial charge in [0.15, 0.2) is 0 Å². The Bertz CT molecular complexity index is 580. The number of aryl methyl sites for hydroxylation is 1. The van der Waals surface area contributed by atoms with Crippen molar-refractivity contribution in [1.29, 1.82) is 0 Å². The monoisotopic (exact) mass is 360 g/mol. The van der Waals surface area contributed by atoms with Gasteiger partial charge >= 0.3 is 6.03 Å². The Labute approximate surface area is 156 Å². The first kappa shape index (κ1) is 20.2. The molecule has 2 rings (SSSR count). The summed E-state index contributed by atoms with van der Waals surface area (Å²) in [6.07, 6.45) is 2.84. The van der Waals surface area contributed by atoms with Crippen LogP contribution in [-0.2, 0) is 11.3 Å². The fourth-order valence-corrected chi connectivity index (χ4v) is 3.08. The lowest BCUT2D eigenvalue weighted by Gasteiger charge is -2.21. The van der Waals surface area contributed by atoms with E-state index in [1.54, 1.807) is 0 Å². The summed E-state index contributed by atoms with van der Waals surface area (Å²) in [5.41, 5.74) is 2.21. The summed E-state index contributed by atoms with van der Waals surface area (Å²) >= 11 is 0. The predicted octanol–water partition coefficient (Wildman–Crippen LogP) is 2.08. The van der Waals surface area contributed by atoms with Gasteiger partial charge in [0.05, 0.1) is 0 Å². The first-order valence-corrected chi connectivity index (χ1v) is 9.55. The highest BCUT2D eigenvalue weighted by molar-refractivity contribution is 5.87. The van der Waals surface area contributed by atoms with Crippen molar-refractivity contribution in [3.8, 4) is 0 Å². The van der Waals surface area contributed by atoms with Gasteiger partial charge < -0.3 is 21.3 Å². The molecule has 6 heteroatoms. The van der Waals surface area contributed by atoms with Crippen LogP contribution >= 0.6 is 0 Å². The fourth-order valence-electron chi connectivity index (χ4n) is 3.08. The lowest BCUT2D eigenvalue weighted by Crippen LogP contribution is -2.52. The highest BCUT2D eigenvalue weighted by Gasteiger charge is 2.23.